The lowest BCUT2D eigenvalue weighted by Crippen LogP contribution is -2.41. The number of aliphatic hydroxyl groups is 1. The first-order valence-electron chi connectivity index (χ1n) is 8.70. The van der Waals surface area contributed by atoms with E-state index < -0.39 is 0 Å². The van der Waals surface area contributed by atoms with E-state index in [9.17, 15) is 9.90 Å². The fraction of sp³-hybridized carbons (Fsp3) is 0.350. The smallest absolute Gasteiger partial charge is 0.319 e. The highest BCUT2D eigenvalue weighted by Crippen LogP contribution is 2.25. The zero-order valence-corrected chi connectivity index (χ0v) is 14.2. The minimum atomic E-state index is -0.238. The maximum atomic E-state index is 12.3. The van der Waals surface area contributed by atoms with Crippen molar-refractivity contribution in [2.24, 2.45) is 5.92 Å². The molecule has 0 aromatic heterocycles. The molecule has 132 valence electrons. The van der Waals surface area contributed by atoms with Gasteiger partial charge in [-0.3, -0.25) is 0 Å². The molecule has 0 bridgehead atoms. The molecule has 2 aromatic carbocycles. The Morgan fingerprint density at radius 2 is 1.84 bits per heavy atom. The Hall–Kier alpha value is -2.53. The van der Waals surface area contributed by atoms with Gasteiger partial charge < -0.3 is 20.5 Å². The van der Waals surface area contributed by atoms with Crippen molar-refractivity contribution >= 4 is 11.7 Å². The summed E-state index contributed by atoms with van der Waals surface area (Å²) in [5.41, 5.74) is 1.64. The zero-order chi connectivity index (χ0) is 17.5. The van der Waals surface area contributed by atoms with E-state index in [2.05, 4.69) is 10.6 Å². The number of carbonyl (C=O) groups is 1. The fourth-order valence-electron chi connectivity index (χ4n) is 3.22. The van der Waals surface area contributed by atoms with Crippen molar-refractivity contribution in [3.05, 3.63) is 60.2 Å². The number of carbonyl (C=O) groups excluding carboxylic acids is 1. The molecular formula is C20H24N2O3. The molecule has 0 aliphatic heterocycles. The summed E-state index contributed by atoms with van der Waals surface area (Å²) in [5.74, 6) is 0.945. The molecular weight excluding hydrogens is 316 g/mol. The van der Waals surface area contributed by atoms with E-state index in [-0.39, 0.29) is 24.6 Å². The molecule has 0 saturated heterocycles. The van der Waals surface area contributed by atoms with Gasteiger partial charge in [0.05, 0.1) is 0 Å². The largest absolute Gasteiger partial charge is 0.489 e. The summed E-state index contributed by atoms with van der Waals surface area (Å²) in [6.45, 7) is 0.496. The van der Waals surface area contributed by atoms with Crippen LogP contribution in [0.15, 0.2) is 54.6 Å². The number of benzene rings is 2. The highest BCUT2D eigenvalue weighted by molar-refractivity contribution is 5.90. The van der Waals surface area contributed by atoms with Crippen molar-refractivity contribution in [3.8, 4) is 5.75 Å². The van der Waals surface area contributed by atoms with Crippen molar-refractivity contribution in [3.63, 3.8) is 0 Å². The van der Waals surface area contributed by atoms with Crippen molar-refractivity contribution in [1.82, 2.24) is 5.32 Å². The van der Waals surface area contributed by atoms with Gasteiger partial charge in [-0.1, -0.05) is 42.8 Å². The number of nitrogens with one attached hydrogen (secondary N) is 2. The van der Waals surface area contributed by atoms with Crippen LogP contribution in [0.25, 0.3) is 0 Å². The molecule has 0 unspecified atom stereocenters. The molecule has 1 aliphatic rings. The second kappa shape index (κ2) is 8.53. The Morgan fingerprint density at radius 3 is 2.64 bits per heavy atom. The van der Waals surface area contributed by atoms with E-state index in [1.165, 1.54) is 0 Å². The van der Waals surface area contributed by atoms with Crippen LogP contribution < -0.4 is 15.4 Å². The maximum absolute atomic E-state index is 12.3. The number of urea groups is 1. The van der Waals surface area contributed by atoms with Gasteiger partial charge in [0, 0.05) is 29.8 Å². The number of hydrogen-bond acceptors (Lipinski definition) is 3. The van der Waals surface area contributed by atoms with Crippen LogP contribution in [0, 0.1) is 5.92 Å². The standard InChI is InChI=1S/C20H24N2O3/c23-13-15-8-6-12-18(15)21-20(24)22-19-11-5-4-7-16(19)14-25-17-9-2-1-3-10-17/h1-5,7,9-11,15,18,23H,6,8,12-14H2,(H2,21,22,24)/t15-,18-/m1/s1. The van der Waals surface area contributed by atoms with E-state index in [1.54, 1.807) is 0 Å². The summed E-state index contributed by atoms with van der Waals surface area (Å²) >= 11 is 0. The number of anilines is 1. The Morgan fingerprint density at radius 1 is 1.08 bits per heavy atom. The zero-order valence-electron chi connectivity index (χ0n) is 14.2. The Labute approximate surface area is 148 Å². The van der Waals surface area contributed by atoms with Gasteiger partial charge in [-0.25, -0.2) is 4.79 Å². The van der Waals surface area contributed by atoms with Crippen LogP contribution in [0.2, 0.25) is 0 Å². The Kier molecular flexibility index (Phi) is 5.90. The highest BCUT2D eigenvalue weighted by Gasteiger charge is 2.27. The lowest BCUT2D eigenvalue weighted by molar-refractivity contribution is 0.203. The van der Waals surface area contributed by atoms with Crippen LogP contribution in [0.5, 0.6) is 5.75 Å². The molecule has 0 spiro atoms. The molecule has 5 heteroatoms. The average Bonchev–Trinajstić information content (AvgIpc) is 3.09. The van der Waals surface area contributed by atoms with Crippen LogP contribution in [-0.2, 0) is 6.61 Å². The lowest BCUT2D eigenvalue weighted by atomic mass is 10.1. The summed E-state index contributed by atoms with van der Waals surface area (Å²) in [5, 5.41) is 15.3. The number of ether oxygens (including phenoxy) is 1. The highest BCUT2D eigenvalue weighted by atomic mass is 16.5. The molecule has 0 radical (unpaired) electrons. The van der Waals surface area contributed by atoms with Crippen molar-refractivity contribution in [1.29, 1.82) is 0 Å². The predicted octanol–water partition coefficient (Wildman–Crippen LogP) is 3.55. The first-order chi connectivity index (χ1) is 12.3. The number of para-hydroxylation sites is 2. The second-order valence-corrected chi connectivity index (χ2v) is 6.34. The summed E-state index contributed by atoms with van der Waals surface area (Å²) in [6, 6.07) is 17.0. The number of hydrogen-bond donors (Lipinski definition) is 3. The van der Waals surface area contributed by atoms with E-state index in [1.807, 2.05) is 54.6 Å². The minimum Gasteiger partial charge on any atom is -0.489 e. The van der Waals surface area contributed by atoms with Gasteiger partial charge in [0.25, 0.3) is 0 Å². The monoisotopic (exact) mass is 340 g/mol. The number of amides is 2. The minimum absolute atomic E-state index is 0.0396. The van der Waals surface area contributed by atoms with Gasteiger partial charge in [0.15, 0.2) is 0 Å². The molecule has 5 nitrogen and oxygen atoms in total. The Balaban J connectivity index is 1.59. The molecule has 0 heterocycles. The molecule has 25 heavy (non-hydrogen) atoms. The Bertz CT molecular complexity index is 690. The average molecular weight is 340 g/mol. The van der Waals surface area contributed by atoms with Crippen molar-refractivity contribution < 1.29 is 14.6 Å². The third kappa shape index (κ3) is 4.73. The van der Waals surface area contributed by atoms with Crippen molar-refractivity contribution in [2.45, 2.75) is 31.9 Å². The molecule has 1 aliphatic carbocycles. The fourth-order valence-corrected chi connectivity index (χ4v) is 3.22. The molecule has 1 fully saturated rings. The third-order valence-corrected chi connectivity index (χ3v) is 4.61. The molecule has 3 N–H and O–H groups in total. The molecule has 2 aromatic rings. The number of aliphatic hydroxyl groups excluding tert-OH is 1. The molecule has 2 atom stereocenters. The van der Waals surface area contributed by atoms with Crippen LogP contribution >= 0.6 is 0 Å². The summed E-state index contributed by atoms with van der Waals surface area (Å²) in [4.78, 5) is 12.3. The first-order valence-corrected chi connectivity index (χ1v) is 8.70. The predicted molar refractivity (Wildman–Crippen MR) is 97.6 cm³/mol. The molecule has 3 rings (SSSR count). The summed E-state index contributed by atoms with van der Waals surface area (Å²) in [6.07, 6.45) is 2.91. The normalized spacial score (nSPS) is 19.4. The molecule has 1 saturated carbocycles. The third-order valence-electron chi connectivity index (χ3n) is 4.61. The molecule has 2 amide bonds. The first kappa shape index (κ1) is 17.3. The maximum Gasteiger partial charge on any atom is 0.319 e. The second-order valence-electron chi connectivity index (χ2n) is 6.34. The van der Waals surface area contributed by atoms with E-state index in [0.29, 0.717) is 6.61 Å². The van der Waals surface area contributed by atoms with E-state index in [0.717, 1.165) is 36.3 Å². The topological polar surface area (TPSA) is 70.6 Å². The van der Waals surface area contributed by atoms with Crippen LogP contribution in [0.3, 0.4) is 0 Å². The van der Waals surface area contributed by atoms with Crippen LogP contribution in [0.1, 0.15) is 24.8 Å². The van der Waals surface area contributed by atoms with E-state index in [4.69, 9.17) is 4.74 Å². The van der Waals surface area contributed by atoms with Gasteiger partial charge in [0.1, 0.15) is 12.4 Å². The van der Waals surface area contributed by atoms with Gasteiger partial charge in [0.2, 0.25) is 0 Å². The lowest BCUT2D eigenvalue weighted by Gasteiger charge is -2.20. The SMILES string of the molecule is O=C(Nc1ccccc1COc1ccccc1)N[C@@H]1CCC[C@@H]1CO. The number of rotatable bonds is 6. The van der Waals surface area contributed by atoms with Crippen molar-refractivity contribution in [2.75, 3.05) is 11.9 Å². The summed E-state index contributed by atoms with van der Waals surface area (Å²) in [7, 11) is 0. The van der Waals surface area contributed by atoms with Gasteiger partial charge in [-0.2, -0.15) is 0 Å². The van der Waals surface area contributed by atoms with Crippen LogP contribution in [-0.4, -0.2) is 23.8 Å². The quantitative estimate of drug-likeness (QED) is 0.753. The van der Waals surface area contributed by atoms with Gasteiger partial charge >= 0.3 is 6.03 Å². The van der Waals surface area contributed by atoms with E-state index >= 15 is 0 Å². The summed E-state index contributed by atoms with van der Waals surface area (Å²) < 4.78 is 5.78. The van der Waals surface area contributed by atoms with Gasteiger partial charge in [-0.05, 0) is 31.0 Å². The van der Waals surface area contributed by atoms with Gasteiger partial charge in [-0.15, -0.1) is 0 Å². The van der Waals surface area contributed by atoms with Crippen LogP contribution in [0.4, 0.5) is 10.5 Å².